The van der Waals surface area contributed by atoms with E-state index in [1.165, 1.54) is 81.5 Å². The minimum absolute atomic E-state index is 0.809. The molecule has 2 aromatic heterocycles. The number of fused-ring (bicyclic) bond motifs is 9. The lowest BCUT2D eigenvalue weighted by Gasteiger charge is -2.34. The smallest absolute Gasteiger partial charge is 0.136 e. The molecule has 0 N–H and O–H groups in total. The summed E-state index contributed by atoms with van der Waals surface area (Å²) in [5, 5.41) is 4.80. The van der Waals surface area contributed by atoms with Crippen molar-refractivity contribution in [3.8, 4) is 55.6 Å². The van der Waals surface area contributed by atoms with Crippen LogP contribution in [0.25, 0.3) is 97.7 Å². The Morgan fingerprint density at radius 2 is 0.922 bits per heavy atom. The normalized spacial score (nSPS) is 12.0. The van der Waals surface area contributed by atoms with E-state index in [9.17, 15) is 0 Å². The van der Waals surface area contributed by atoms with Gasteiger partial charge in [-0.05, 0) is 92.5 Å². The molecule has 0 atom stereocenters. The van der Waals surface area contributed by atoms with E-state index in [0.29, 0.717) is 0 Å². The first-order valence-corrected chi connectivity index (χ1v) is 22.8. The van der Waals surface area contributed by atoms with E-state index in [1.54, 1.807) is 0 Å². The zero-order valence-corrected chi connectivity index (χ0v) is 35.6. The fourth-order valence-corrected chi connectivity index (χ4v) is 11.5. The van der Waals surface area contributed by atoms with Gasteiger partial charge in [-0.15, -0.1) is 11.3 Å². The number of furan rings is 1. The topological polar surface area (TPSA) is 16.4 Å². The van der Waals surface area contributed by atoms with Crippen LogP contribution in [-0.2, 0) is 6.42 Å². The van der Waals surface area contributed by atoms with Gasteiger partial charge in [0.2, 0.25) is 0 Å². The third kappa shape index (κ3) is 5.71. The van der Waals surface area contributed by atoms with E-state index in [0.717, 1.165) is 50.9 Å². The summed E-state index contributed by atoms with van der Waals surface area (Å²) in [5.41, 5.74) is 19.8. The maximum atomic E-state index is 6.55. The summed E-state index contributed by atoms with van der Waals surface area (Å²) in [5.74, 6) is 0. The molecule has 12 aromatic rings. The third-order valence-corrected chi connectivity index (χ3v) is 14.3. The second-order valence-electron chi connectivity index (χ2n) is 16.7. The molecule has 0 radical (unpaired) electrons. The predicted octanol–water partition coefficient (Wildman–Crippen LogP) is 17.7. The fourth-order valence-electron chi connectivity index (χ4n) is 10.4. The minimum atomic E-state index is 0.809. The number of anilines is 3. The molecule has 0 fully saturated rings. The summed E-state index contributed by atoms with van der Waals surface area (Å²) < 4.78 is 9.13. The highest BCUT2D eigenvalue weighted by Gasteiger charge is 2.33. The van der Waals surface area contributed by atoms with Crippen molar-refractivity contribution in [1.29, 1.82) is 0 Å². The van der Waals surface area contributed by atoms with E-state index in [2.05, 4.69) is 229 Å². The Kier molecular flexibility index (Phi) is 8.50. The van der Waals surface area contributed by atoms with E-state index < -0.39 is 0 Å². The standard InChI is InChI=1S/C61H39NOS/c1-3-19-39(20-4-1)49-38-50-42-24-8-7-23-41(42)37-51(50)61(58(49)40-21-5-2-6-22-40)62(52-31-13-9-25-43(52)45-29-17-34-55-59(45)47-27-11-15-33-54(47)63-55)53-32-14-10-26-44(53)46-30-18-36-57-60(46)48-28-12-16-35-56(48)64-57/h1-36,38H,37H2. The maximum absolute atomic E-state index is 6.55. The summed E-state index contributed by atoms with van der Waals surface area (Å²) >= 11 is 1.87. The number of para-hydroxylation sites is 3. The quantitative estimate of drug-likeness (QED) is 0.159. The van der Waals surface area contributed by atoms with Gasteiger partial charge in [-0.3, -0.25) is 0 Å². The van der Waals surface area contributed by atoms with Crippen molar-refractivity contribution in [3.05, 3.63) is 236 Å². The Labute approximate surface area is 375 Å². The highest BCUT2D eigenvalue weighted by molar-refractivity contribution is 7.25. The van der Waals surface area contributed by atoms with Gasteiger partial charge in [-0.25, -0.2) is 0 Å². The van der Waals surface area contributed by atoms with Crippen LogP contribution in [0.15, 0.2) is 229 Å². The first kappa shape index (κ1) is 36.7. The van der Waals surface area contributed by atoms with Crippen LogP contribution in [0.1, 0.15) is 11.1 Å². The molecule has 13 rings (SSSR count). The lowest BCUT2D eigenvalue weighted by molar-refractivity contribution is 0.669. The van der Waals surface area contributed by atoms with Gasteiger partial charge in [-0.1, -0.05) is 182 Å². The molecule has 0 unspecified atom stereocenters. The second kappa shape index (κ2) is 14.8. The van der Waals surface area contributed by atoms with Crippen molar-refractivity contribution >= 4 is 70.5 Å². The van der Waals surface area contributed by atoms with Crippen molar-refractivity contribution in [2.24, 2.45) is 0 Å². The first-order valence-electron chi connectivity index (χ1n) is 22.0. The molecule has 10 aromatic carbocycles. The molecule has 3 heteroatoms. The number of thiophene rings is 1. The SMILES string of the molecule is c1ccc(-c2cc3c(c(N(c4ccccc4-c4cccc5oc6ccccc6c45)c4ccccc4-c4cccc5sc6ccccc6c45)c2-c2ccccc2)Cc2ccccc2-3)cc1. The molecule has 0 aliphatic heterocycles. The van der Waals surface area contributed by atoms with Gasteiger partial charge in [0, 0.05) is 54.1 Å². The molecule has 0 bridgehead atoms. The number of rotatable bonds is 7. The lowest BCUT2D eigenvalue weighted by Crippen LogP contribution is -2.16. The largest absolute Gasteiger partial charge is 0.456 e. The van der Waals surface area contributed by atoms with Crippen molar-refractivity contribution in [3.63, 3.8) is 0 Å². The van der Waals surface area contributed by atoms with Crippen molar-refractivity contribution in [2.75, 3.05) is 4.90 Å². The predicted molar refractivity (Wildman–Crippen MR) is 271 cm³/mol. The highest BCUT2D eigenvalue weighted by atomic mass is 32.1. The van der Waals surface area contributed by atoms with Crippen molar-refractivity contribution in [2.45, 2.75) is 6.42 Å². The minimum Gasteiger partial charge on any atom is -0.456 e. The van der Waals surface area contributed by atoms with Gasteiger partial charge < -0.3 is 9.32 Å². The Bertz CT molecular complexity index is 3610. The second-order valence-corrected chi connectivity index (χ2v) is 17.7. The maximum Gasteiger partial charge on any atom is 0.136 e. The summed E-state index contributed by atoms with van der Waals surface area (Å²) in [6.45, 7) is 0. The number of benzene rings is 10. The Morgan fingerprint density at radius 1 is 0.375 bits per heavy atom. The lowest BCUT2D eigenvalue weighted by atomic mass is 9.86. The molecule has 0 saturated carbocycles. The van der Waals surface area contributed by atoms with Gasteiger partial charge in [0.15, 0.2) is 0 Å². The van der Waals surface area contributed by atoms with E-state index >= 15 is 0 Å². The summed E-state index contributed by atoms with van der Waals surface area (Å²) in [6.07, 6.45) is 0.809. The zero-order chi connectivity index (χ0) is 42.1. The van der Waals surface area contributed by atoms with Crippen molar-refractivity contribution in [1.82, 2.24) is 0 Å². The van der Waals surface area contributed by atoms with Gasteiger partial charge in [0.05, 0.1) is 17.1 Å². The van der Waals surface area contributed by atoms with Crippen molar-refractivity contribution < 1.29 is 4.42 Å². The first-order chi connectivity index (χ1) is 31.8. The number of nitrogens with zero attached hydrogens (tertiary/aromatic N) is 1. The summed E-state index contributed by atoms with van der Waals surface area (Å²) in [6, 6.07) is 82.1. The molecule has 2 heterocycles. The summed E-state index contributed by atoms with van der Waals surface area (Å²) in [4.78, 5) is 2.62. The van der Waals surface area contributed by atoms with E-state index in [-0.39, 0.29) is 0 Å². The van der Waals surface area contributed by atoms with Crippen LogP contribution >= 0.6 is 11.3 Å². The van der Waals surface area contributed by atoms with Gasteiger partial charge >= 0.3 is 0 Å². The molecule has 64 heavy (non-hydrogen) atoms. The van der Waals surface area contributed by atoms with Crippen LogP contribution in [-0.4, -0.2) is 0 Å². The van der Waals surface area contributed by atoms with Crippen LogP contribution in [0.2, 0.25) is 0 Å². The molecule has 300 valence electrons. The Hall–Kier alpha value is -7.98. The molecule has 0 amide bonds. The zero-order valence-electron chi connectivity index (χ0n) is 34.8. The molecule has 1 aliphatic rings. The molecular weight excluding hydrogens is 795 g/mol. The average Bonchev–Trinajstić information content (AvgIpc) is 4.06. The van der Waals surface area contributed by atoms with Crippen LogP contribution in [0.3, 0.4) is 0 Å². The Balaban J connectivity index is 1.21. The summed E-state index contributed by atoms with van der Waals surface area (Å²) in [7, 11) is 0. The molecule has 0 saturated heterocycles. The number of hydrogen-bond acceptors (Lipinski definition) is 3. The molecular formula is C61H39NOS. The number of hydrogen-bond donors (Lipinski definition) is 0. The van der Waals surface area contributed by atoms with E-state index in [4.69, 9.17) is 4.42 Å². The van der Waals surface area contributed by atoms with Gasteiger partial charge in [-0.2, -0.15) is 0 Å². The monoisotopic (exact) mass is 833 g/mol. The van der Waals surface area contributed by atoms with Crippen LogP contribution in [0.4, 0.5) is 17.1 Å². The van der Waals surface area contributed by atoms with Gasteiger partial charge in [0.1, 0.15) is 11.2 Å². The Morgan fingerprint density at radius 3 is 1.69 bits per heavy atom. The highest BCUT2D eigenvalue weighted by Crippen LogP contribution is 2.57. The van der Waals surface area contributed by atoms with Crippen LogP contribution in [0.5, 0.6) is 0 Å². The molecule has 2 nitrogen and oxygen atoms in total. The van der Waals surface area contributed by atoms with Crippen LogP contribution in [0, 0.1) is 0 Å². The van der Waals surface area contributed by atoms with Crippen LogP contribution < -0.4 is 4.90 Å². The van der Waals surface area contributed by atoms with Gasteiger partial charge in [0.25, 0.3) is 0 Å². The molecule has 0 spiro atoms. The average molecular weight is 834 g/mol. The molecule has 1 aliphatic carbocycles. The fraction of sp³-hybridized carbons (Fsp3) is 0.0164. The van der Waals surface area contributed by atoms with E-state index in [1.807, 2.05) is 11.3 Å². The third-order valence-electron chi connectivity index (χ3n) is 13.1.